The minimum Gasteiger partial charge on any atom is -0.355 e. The molecule has 1 unspecified atom stereocenters. The Hall–Kier alpha value is -0.570. The molecule has 2 N–H and O–H groups in total. The van der Waals surface area contributed by atoms with Crippen molar-refractivity contribution in [1.82, 2.24) is 10.6 Å². The van der Waals surface area contributed by atoms with Gasteiger partial charge in [-0.05, 0) is 25.3 Å². The van der Waals surface area contributed by atoms with E-state index in [4.69, 9.17) is 0 Å². The van der Waals surface area contributed by atoms with Crippen LogP contribution in [0.15, 0.2) is 0 Å². The van der Waals surface area contributed by atoms with Crippen LogP contribution in [0.2, 0.25) is 0 Å². The van der Waals surface area contributed by atoms with Crippen LogP contribution < -0.4 is 10.6 Å². The maximum atomic E-state index is 11.4. The first-order chi connectivity index (χ1) is 7.74. The van der Waals surface area contributed by atoms with Crippen molar-refractivity contribution < 1.29 is 4.79 Å². The minimum atomic E-state index is 0.128. The highest BCUT2D eigenvalue weighted by Crippen LogP contribution is 2.10. The maximum Gasteiger partial charge on any atom is 0.233 e. The summed E-state index contributed by atoms with van der Waals surface area (Å²) in [5.74, 6) is 0.776. The second-order valence-electron chi connectivity index (χ2n) is 4.40. The predicted octanol–water partition coefficient (Wildman–Crippen LogP) is 2.32. The summed E-state index contributed by atoms with van der Waals surface area (Å²) < 4.78 is 0. The number of amides is 1. The predicted molar refractivity (Wildman–Crippen MR) is 69.5 cm³/mol. The third-order valence-electron chi connectivity index (χ3n) is 2.84. The van der Waals surface area contributed by atoms with Crippen molar-refractivity contribution in [1.29, 1.82) is 0 Å². The van der Waals surface area contributed by atoms with Gasteiger partial charge in [0.15, 0.2) is 0 Å². The molecule has 0 fully saturated rings. The van der Waals surface area contributed by atoms with E-state index in [1.807, 2.05) is 0 Å². The Bertz CT molecular complexity index is 171. The third-order valence-corrected chi connectivity index (χ3v) is 2.84. The van der Waals surface area contributed by atoms with Crippen molar-refractivity contribution in [2.45, 2.75) is 52.9 Å². The van der Waals surface area contributed by atoms with Crippen LogP contribution in [-0.2, 0) is 4.79 Å². The maximum absolute atomic E-state index is 11.4. The van der Waals surface area contributed by atoms with Crippen molar-refractivity contribution in [3.8, 4) is 0 Å². The van der Waals surface area contributed by atoms with E-state index < -0.39 is 0 Å². The molecule has 0 aliphatic heterocycles. The Morgan fingerprint density at radius 1 is 1.19 bits per heavy atom. The molecule has 0 saturated heterocycles. The molecule has 0 heterocycles. The largest absolute Gasteiger partial charge is 0.355 e. The van der Waals surface area contributed by atoms with Crippen LogP contribution in [-0.4, -0.2) is 25.5 Å². The molecule has 0 radical (unpaired) electrons. The van der Waals surface area contributed by atoms with Crippen molar-refractivity contribution in [2.24, 2.45) is 5.92 Å². The Balaban J connectivity index is 3.54. The topological polar surface area (TPSA) is 41.1 Å². The summed E-state index contributed by atoms with van der Waals surface area (Å²) in [7, 11) is 0. The molecule has 96 valence electrons. The molecule has 0 bridgehead atoms. The monoisotopic (exact) mass is 228 g/mol. The van der Waals surface area contributed by atoms with Gasteiger partial charge in [0, 0.05) is 6.54 Å². The molecule has 0 aliphatic carbocycles. The summed E-state index contributed by atoms with van der Waals surface area (Å²) in [6, 6.07) is 0. The van der Waals surface area contributed by atoms with Gasteiger partial charge in [0.05, 0.1) is 6.54 Å². The minimum absolute atomic E-state index is 0.128. The summed E-state index contributed by atoms with van der Waals surface area (Å²) in [5, 5.41) is 6.11. The summed E-state index contributed by atoms with van der Waals surface area (Å²) in [5.41, 5.74) is 0. The van der Waals surface area contributed by atoms with Gasteiger partial charge in [-0.25, -0.2) is 0 Å². The van der Waals surface area contributed by atoms with Crippen LogP contribution in [0, 0.1) is 5.92 Å². The summed E-state index contributed by atoms with van der Waals surface area (Å²) in [4.78, 5) is 11.4. The van der Waals surface area contributed by atoms with E-state index in [1.54, 1.807) is 0 Å². The van der Waals surface area contributed by atoms with Crippen molar-refractivity contribution in [3.63, 3.8) is 0 Å². The van der Waals surface area contributed by atoms with E-state index in [2.05, 4.69) is 31.4 Å². The molecule has 1 atom stereocenters. The molecule has 16 heavy (non-hydrogen) atoms. The molecular weight excluding hydrogens is 200 g/mol. The summed E-state index contributed by atoms with van der Waals surface area (Å²) in [6.07, 6.45) is 5.96. The van der Waals surface area contributed by atoms with Gasteiger partial charge in [-0.1, -0.05) is 40.0 Å². The highest BCUT2D eigenvalue weighted by atomic mass is 16.1. The molecular formula is C13H28N2O. The van der Waals surface area contributed by atoms with E-state index in [-0.39, 0.29) is 5.91 Å². The second kappa shape index (κ2) is 10.9. The number of rotatable bonds is 10. The molecule has 0 spiro atoms. The van der Waals surface area contributed by atoms with Crippen LogP contribution >= 0.6 is 0 Å². The van der Waals surface area contributed by atoms with Crippen molar-refractivity contribution in [3.05, 3.63) is 0 Å². The number of carbonyl (C=O) groups is 1. The Kier molecular flexibility index (Phi) is 10.5. The fourth-order valence-corrected chi connectivity index (χ4v) is 1.64. The van der Waals surface area contributed by atoms with E-state index in [0.717, 1.165) is 25.9 Å². The number of hydrogen-bond acceptors (Lipinski definition) is 2. The quantitative estimate of drug-likeness (QED) is 0.563. The third kappa shape index (κ3) is 8.72. The lowest BCUT2D eigenvalue weighted by molar-refractivity contribution is -0.120. The number of nitrogens with one attached hydrogen (secondary N) is 2. The smallest absolute Gasteiger partial charge is 0.233 e. The molecule has 0 aromatic heterocycles. The zero-order valence-corrected chi connectivity index (χ0v) is 11.1. The van der Waals surface area contributed by atoms with E-state index >= 15 is 0 Å². The highest BCUT2D eigenvalue weighted by Gasteiger charge is 2.07. The number of hydrogen-bond donors (Lipinski definition) is 2. The van der Waals surface area contributed by atoms with Gasteiger partial charge in [-0.3, -0.25) is 4.79 Å². The normalized spacial score (nSPS) is 12.4. The lowest BCUT2D eigenvalue weighted by atomic mass is 9.99. The molecule has 0 rings (SSSR count). The molecule has 0 saturated carbocycles. The van der Waals surface area contributed by atoms with Gasteiger partial charge in [-0.2, -0.15) is 0 Å². The first-order valence-corrected chi connectivity index (χ1v) is 6.71. The van der Waals surface area contributed by atoms with Gasteiger partial charge in [-0.15, -0.1) is 0 Å². The van der Waals surface area contributed by atoms with Gasteiger partial charge in [0.1, 0.15) is 0 Å². The second-order valence-corrected chi connectivity index (χ2v) is 4.40. The van der Waals surface area contributed by atoms with Crippen LogP contribution in [0.1, 0.15) is 52.9 Å². The van der Waals surface area contributed by atoms with Crippen molar-refractivity contribution in [2.75, 3.05) is 19.6 Å². The number of carbonyl (C=O) groups excluding carboxylic acids is 1. The number of unbranched alkanes of at least 4 members (excludes halogenated alkanes) is 1. The fraction of sp³-hybridized carbons (Fsp3) is 0.923. The van der Waals surface area contributed by atoms with E-state index in [1.165, 1.54) is 19.3 Å². The first kappa shape index (κ1) is 15.4. The lowest BCUT2D eigenvalue weighted by Gasteiger charge is -2.15. The average molecular weight is 228 g/mol. The standard InChI is InChI=1S/C13H28N2O/c1-4-7-8-12(6-3)10-15-13(16)11-14-9-5-2/h12,14H,4-11H2,1-3H3,(H,15,16). The van der Waals surface area contributed by atoms with Gasteiger partial charge < -0.3 is 10.6 Å². The van der Waals surface area contributed by atoms with Gasteiger partial charge >= 0.3 is 0 Å². The SMILES string of the molecule is CCCCC(CC)CNC(=O)CNCCC. The fourth-order valence-electron chi connectivity index (χ4n) is 1.64. The Labute approximate surface area is 100 Å². The molecule has 0 aliphatic rings. The molecule has 3 nitrogen and oxygen atoms in total. The Morgan fingerprint density at radius 3 is 2.50 bits per heavy atom. The van der Waals surface area contributed by atoms with Crippen LogP contribution in [0.3, 0.4) is 0 Å². The first-order valence-electron chi connectivity index (χ1n) is 6.71. The van der Waals surface area contributed by atoms with E-state index in [0.29, 0.717) is 12.5 Å². The van der Waals surface area contributed by atoms with Crippen LogP contribution in [0.4, 0.5) is 0 Å². The lowest BCUT2D eigenvalue weighted by Crippen LogP contribution is -2.36. The van der Waals surface area contributed by atoms with Gasteiger partial charge in [0.25, 0.3) is 0 Å². The zero-order chi connectivity index (χ0) is 12.2. The molecule has 0 aromatic rings. The van der Waals surface area contributed by atoms with Crippen LogP contribution in [0.5, 0.6) is 0 Å². The Morgan fingerprint density at radius 2 is 1.94 bits per heavy atom. The van der Waals surface area contributed by atoms with Gasteiger partial charge in [0.2, 0.25) is 5.91 Å². The molecule has 1 amide bonds. The molecule has 0 aromatic carbocycles. The van der Waals surface area contributed by atoms with Crippen LogP contribution in [0.25, 0.3) is 0 Å². The molecule has 3 heteroatoms. The summed E-state index contributed by atoms with van der Waals surface area (Å²) in [6.45, 7) is 8.71. The van der Waals surface area contributed by atoms with Crippen molar-refractivity contribution >= 4 is 5.91 Å². The summed E-state index contributed by atoms with van der Waals surface area (Å²) >= 11 is 0. The van der Waals surface area contributed by atoms with E-state index in [9.17, 15) is 4.79 Å². The zero-order valence-electron chi connectivity index (χ0n) is 11.1. The average Bonchev–Trinajstić information content (AvgIpc) is 2.30. The highest BCUT2D eigenvalue weighted by molar-refractivity contribution is 5.77.